The largest absolute Gasteiger partial charge is 0.490 e. The number of aliphatic carboxylic acids is 1. The number of hydrogen-bond donors (Lipinski definition) is 1. The van der Waals surface area contributed by atoms with E-state index in [0.29, 0.717) is 44.1 Å². The van der Waals surface area contributed by atoms with Crippen LogP contribution in [0.2, 0.25) is 0 Å². The van der Waals surface area contributed by atoms with Gasteiger partial charge in [0.25, 0.3) is 0 Å². The van der Waals surface area contributed by atoms with Gasteiger partial charge in [0.2, 0.25) is 5.91 Å². The molecule has 1 aliphatic rings. The van der Waals surface area contributed by atoms with Gasteiger partial charge < -0.3 is 19.5 Å². The molecule has 2 atom stereocenters. The number of carboxylic acids is 1. The molecule has 0 radical (unpaired) electrons. The van der Waals surface area contributed by atoms with Gasteiger partial charge in [-0.15, -0.1) is 0 Å². The Morgan fingerprint density at radius 2 is 1.66 bits per heavy atom. The van der Waals surface area contributed by atoms with Crippen LogP contribution in [0.5, 0.6) is 11.5 Å². The topological polar surface area (TPSA) is 76.1 Å². The van der Waals surface area contributed by atoms with Gasteiger partial charge in [0.1, 0.15) is 0 Å². The monoisotopic (exact) mass is 397 g/mol. The number of carbonyl (C=O) groups excluding carboxylic acids is 1. The van der Waals surface area contributed by atoms with Crippen LogP contribution in [0.3, 0.4) is 0 Å². The van der Waals surface area contributed by atoms with E-state index in [1.165, 1.54) is 0 Å². The zero-order valence-electron chi connectivity index (χ0n) is 16.6. The number of nitrogens with zero attached hydrogens (tertiary/aromatic N) is 1. The fraction of sp³-hybridized carbons (Fsp3) is 0.391. The van der Waals surface area contributed by atoms with Gasteiger partial charge in [0.15, 0.2) is 11.5 Å². The molecule has 0 saturated carbocycles. The summed E-state index contributed by atoms with van der Waals surface area (Å²) in [6, 6.07) is 17.0. The Hall–Kier alpha value is -3.02. The molecule has 2 aromatic carbocycles. The molecule has 3 rings (SSSR count). The number of rotatable bonds is 9. The van der Waals surface area contributed by atoms with Gasteiger partial charge in [-0.2, -0.15) is 0 Å². The van der Waals surface area contributed by atoms with E-state index in [0.717, 1.165) is 5.56 Å². The summed E-state index contributed by atoms with van der Waals surface area (Å²) in [5, 5.41) is 9.58. The molecule has 1 amide bonds. The van der Waals surface area contributed by atoms with E-state index in [2.05, 4.69) is 0 Å². The second-order valence-electron chi connectivity index (χ2n) is 7.09. The van der Waals surface area contributed by atoms with Crippen molar-refractivity contribution in [2.45, 2.75) is 25.7 Å². The minimum atomic E-state index is -0.856. The van der Waals surface area contributed by atoms with Crippen LogP contribution in [0.15, 0.2) is 54.6 Å². The summed E-state index contributed by atoms with van der Waals surface area (Å²) in [7, 11) is 0. The zero-order chi connectivity index (χ0) is 20.6. The number of benzene rings is 2. The summed E-state index contributed by atoms with van der Waals surface area (Å²) >= 11 is 0. The summed E-state index contributed by atoms with van der Waals surface area (Å²) in [4.78, 5) is 26.0. The summed E-state index contributed by atoms with van der Waals surface area (Å²) in [6.45, 7) is 3.56. The smallest absolute Gasteiger partial charge is 0.308 e. The fourth-order valence-corrected chi connectivity index (χ4v) is 3.70. The van der Waals surface area contributed by atoms with Crippen molar-refractivity contribution in [3.05, 3.63) is 60.2 Å². The highest BCUT2D eigenvalue weighted by Gasteiger charge is 2.40. The molecule has 1 fully saturated rings. The average Bonchev–Trinajstić information content (AvgIpc) is 3.19. The Kier molecular flexibility index (Phi) is 7.11. The molecule has 29 heavy (non-hydrogen) atoms. The van der Waals surface area contributed by atoms with Crippen molar-refractivity contribution in [2.75, 3.05) is 26.3 Å². The lowest BCUT2D eigenvalue weighted by molar-refractivity contribution is -0.141. The molecular formula is C23H27NO5. The fourth-order valence-electron chi connectivity index (χ4n) is 3.70. The molecule has 0 spiro atoms. The van der Waals surface area contributed by atoms with Gasteiger partial charge in [-0.1, -0.05) is 42.5 Å². The van der Waals surface area contributed by atoms with Crippen molar-refractivity contribution in [3.63, 3.8) is 0 Å². The minimum absolute atomic E-state index is 0.0311. The SMILES string of the molecule is CCOc1ccccc1OCCCC(=O)N1CC(C(=O)O)C(c2ccccc2)C1. The Labute approximate surface area is 171 Å². The minimum Gasteiger partial charge on any atom is -0.490 e. The Morgan fingerprint density at radius 3 is 2.31 bits per heavy atom. The summed E-state index contributed by atoms with van der Waals surface area (Å²) < 4.78 is 11.3. The lowest BCUT2D eigenvalue weighted by Gasteiger charge is -2.17. The van der Waals surface area contributed by atoms with Crippen molar-refractivity contribution in [2.24, 2.45) is 5.92 Å². The average molecular weight is 397 g/mol. The molecule has 1 N–H and O–H groups in total. The van der Waals surface area contributed by atoms with E-state index in [1.54, 1.807) is 4.90 Å². The van der Waals surface area contributed by atoms with Gasteiger partial charge in [-0.3, -0.25) is 9.59 Å². The summed E-state index contributed by atoms with van der Waals surface area (Å²) in [6.07, 6.45) is 0.883. The number of carboxylic acid groups (broad SMARTS) is 1. The Morgan fingerprint density at radius 1 is 1.00 bits per heavy atom. The van der Waals surface area contributed by atoms with E-state index in [4.69, 9.17) is 9.47 Å². The number of ether oxygens (including phenoxy) is 2. The van der Waals surface area contributed by atoms with Gasteiger partial charge in [-0.25, -0.2) is 0 Å². The second-order valence-corrected chi connectivity index (χ2v) is 7.09. The third kappa shape index (κ3) is 5.28. The quantitative estimate of drug-likeness (QED) is 0.655. The highest BCUT2D eigenvalue weighted by Crippen LogP contribution is 2.33. The van der Waals surface area contributed by atoms with E-state index in [-0.39, 0.29) is 18.4 Å². The number of amides is 1. The van der Waals surface area contributed by atoms with Crippen LogP contribution in [0.25, 0.3) is 0 Å². The van der Waals surface area contributed by atoms with Crippen molar-refractivity contribution in [1.82, 2.24) is 4.90 Å². The molecular weight excluding hydrogens is 370 g/mol. The molecule has 0 aromatic heterocycles. The first-order valence-electron chi connectivity index (χ1n) is 10.00. The first kappa shape index (κ1) is 20.7. The molecule has 0 bridgehead atoms. The molecule has 0 aliphatic carbocycles. The molecule has 2 unspecified atom stereocenters. The second kappa shape index (κ2) is 9.96. The van der Waals surface area contributed by atoms with E-state index >= 15 is 0 Å². The summed E-state index contributed by atoms with van der Waals surface area (Å²) in [5.74, 6) is -0.280. The van der Waals surface area contributed by atoms with Crippen LogP contribution in [0.1, 0.15) is 31.2 Å². The van der Waals surface area contributed by atoms with Crippen LogP contribution >= 0.6 is 0 Å². The third-order valence-electron chi connectivity index (χ3n) is 5.16. The Balaban J connectivity index is 1.51. The number of carbonyl (C=O) groups is 2. The number of likely N-dealkylation sites (tertiary alicyclic amines) is 1. The number of para-hydroxylation sites is 2. The van der Waals surface area contributed by atoms with Crippen molar-refractivity contribution < 1.29 is 24.2 Å². The van der Waals surface area contributed by atoms with Crippen LogP contribution < -0.4 is 9.47 Å². The lowest BCUT2D eigenvalue weighted by atomic mass is 9.89. The normalized spacial score (nSPS) is 18.4. The van der Waals surface area contributed by atoms with Gasteiger partial charge >= 0.3 is 5.97 Å². The van der Waals surface area contributed by atoms with Crippen molar-refractivity contribution >= 4 is 11.9 Å². The zero-order valence-corrected chi connectivity index (χ0v) is 16.6. The van der Waals surface area contributed by atoms with Gasteiger partial charge in [0, 0.05) is 25.4 Å². The summed E-state index contributed by atoms with van der Waals surface area (Å²) in [5.41, 5.74) is 0.964. The predicted octanol–water partition coefficient (Wildman–Crippen LogP) is 3.57. The highest BCUT2D eigenvalue weighted by atomic mass is 16.5. The molecule has 6 nitrogen and oxygen atoms in total. The number of hydrogen-bond acceptors (Lipinski definition) is 4. The van der Waals surface area contributed by atoms with Crippen LogP contribution in [0.4, 0.5) is 0 Å². The molecule has 6 heteroatoms. The maximum atomic E-state index is 12.6. The predicted molar refractivity (Wildman–Crippen MR) is 109 cm³/mol. The lowest BCUT2D eigenvalue weighted by Crippen LogP contribution is -2.30. The maximum absolute atomic E-state index is 12.6. The maximum Gasteiger partial charge on any atom is 0.308 e. The highest BCUT2D eigenvalue weighted by molar-refractivity contribution is 5.79. The molecule has 1 saturated heterocycles. The van der Waals surface area contributed by atoms with Gasteiger partial charge in [0.05, 0.1) is 19.1 Å². The van der Waals surface area contributed by atoms with Crippen LogP contribution in [0, 0.1) is 5.92 Å². The molecule has 154 valence electrons. The van der Waals surface area contributed by atoms with E-state index < -0.39 is 11.9 Å². The third-order valence-corrected chi connectivity index (χ3v) is 5.16. The van der Waals surface area contributed by atoms with Crippen molar-refractivity contribution in [1.29, 1.82) is 0 Å². The molecule has 2 aromatic rings. The standard InChI is InChI=1S/C23H27NO5/c1-2-28-20-11-6-7-12-21(20)29-14-8-13-22(25)24-15-18(19(16-24)23(26)27)17-9-4-3-5-10-17/h3-7,9-12,18-19H,2,8,13-16H2,1H3,(H,26,27). The molecule has 1 aliphatic heterocycles. The van der Waals surface area contributed by atoms with Crippen LogP contribution in [-0.2, 0) is 9.59 Å². The Bertz CT molecular complexity index is 823. The first-order valence-corrected chi connectivity index (χ1v) is 10.00. The molecule has 1 heterocycles. The first-order chi connectivity index (χ1) is 14.1. The van der Waals surface area contributed by atoms with E-state index in [1.807, 2.05) is 61.5 Å². The van der Waals surface area contributed by atoms with Gasteiger partial charge in [-0.05, 0) is 31.0 Å². The van der Waals surface area contributed by atoms with E-state index in [9.17, 15) is 14.7 Å². The van der Waals surface area contributed by atoms with Crippen molar-refractivity contribution in [3.8, 4) is 11.5 Å². The van der Waals surface area contributed by atoms with Crippen LogP contribution in [-0.4, -0.2) is 48.2 Å².